The second-order valence-electron chi connectivity index (χ2n) is 3.82. The SMILES string of the molecule is N#CC(=CNc1ccc(F)cc1F)S(=O)(=O)c1cccs1. The van der Waals surface area contributed by atoms with Gasteiger partial charge in [-0.05, 0) is 23.6 Å². The first-order valence-corrected chi connectivity index (χ1v) is 7.92. The van der Waals surface area contributed by atoms with Crippen molar-refractivity contribution in [2.24, 2.45) is 0 Å². The Morgan fingerprint density at radius 1 is 1.33 bits per heavy atom. The van der Waals surface area contributed by atoms with E-state index >= 15 is 0 Å². The average Bonchev–Trinajstić information content (AvgIpc) is 2.96. The molecule has 0 aliphatic heterocycles. The minimum Gasteiger partial charge on any atom is -0.357 e. The van der Waals surface area contributed by atoms with Crippen LogP contribution in [0.2, 0.25) is 0 Å². The van der Waals surface area contributed by atoms with Gasteiger partial charge in [0.1, 0.15) is 21.9 Å². The number of hydrogen-bond acceptors (Lipinski definition) is 5. The van der Waals surface area contributed by atoms with Gasteiger partial charge < -0.3 is 5.32 Å². The fraction of sp³-hybridized carbons (Fsp3) is 0. The molecule has 0 amide bonds. The lowest BCUT2D eigenvalue weighted by atomic mass is 10.3. The van der Waals surface area contributed by atoms with Crippen LogP contribution in [0.15, 0.2) is 51.0 Å². The molecule has 21 heavy (non-hydrogen) atoms. The summed E-state index contributed by atoms with van der Waals surface area (Å²) in [5.41, 5.74) is -0.134. The number of nitriles is 1. The van der Waals surface area contributed by atoms with E-state index in [9.17, 15) is 17.2 Å². The molecule has 8 heteroatoms. The van der Waals surface area contributed by atoms with Gasteiger partial charge in [-0.15, -0.1) is 11.3 Å². The fourth-order valence-corrected chi connectivity index (χ4v) is 3.64. The normalized spacial score (nSPS) is 12.0. The molecule has 0 aliphatic rings. The summed E-state index contributed by atoms with van der Waals surface area (Å²) in [5, 5.41) is 12.9. The molecule has 0 radical (unpaired) electrons. The lowest BCUT2D eigenvalue weighted by Gasteiger charge is -2.04. The number of benzene rings is 1. The first-order valence-electron chi connectivity index (χ1n) is 5.55. The zero-order chi connectivity index (χ0) is 15.5. The fourth-order valence-electron chi connectivity index (χ4n) is 1.44. The molecule has 0 fully saturated rings. The van der Waals surface area contributed by atoms with E-state index in [4.69, 9.17) is 5.26 Å². The van der Waals surface area contributed by atoms with Crippen molar-refractivity contribution in [1.82, 2.24) is 0 Å². The van der Waals surface area contributed by atoms with E-state index in [2.05, 4.69) is 5.32 Å². The second-order valence-corrected chi connectivity index (χ2v) is 6.92. The summed E-state index contributed by atoms with van der Waals surface area (Å²) in [5.74, 6) is -1.65. The van der Waals surface area contributed by atoms with E-state index < -0.39 is 26.4 Å². The molecule has 0 atom stereocenters. The van der Waals surface area contributed by atoms with Gasteiger partial charge in [-0.25, -0.2) is 17.2 Å². The van der Waals surface area contributed by atoms with Gasteiger partial charge in [0.05, 0.1) is 5.69 Å². The topological polar surface area (TPSA) is 70.0 Å². The van der Waals surface area contributed by atoms with Crippen LogP contribution in [-0.4, -0.2) is 8.42 Å². The van der Waals surface area contributed by atoms with Gasteiger partial charge >= 0.3 is 0 Å². The number of nitrogens with one attached hydrogen (secondary N) is 1. The number of thiophene rings is 1. The number of rotatable bonds is 4. The van der Waals surface area contributed by atoms with Crippen LogP contribution in [0.1, 0.15) is 0 Å². The summed E-state index contributed by atoms with van der Waals surface area (Å²) in [7, 11) is -3.94. The van der Waals surface area contributed by atoms with Crippen LogP contribution in [0.3, 0.4) is 0 Å². The Hall–Kier alpha value is -2.24. The molecular formula is C13H8F2N2O2S2. The molecule has 4 nitrogen and oxygen atoms in total. The van der Waals surface area contributed by atoms with E-state index in [-0.39, 0.29) is 9.90 Å². The van der Waals surface area contributed by atoms with Crippen molar-refractivity contribution in [3.05, 3.63) is 58.5 Å². The minimum absolute atomic E-state index is 0.0108. The predicted octanol–water partition coefficient (Wildman–Crippen LogP) is 3.28. The molecule has 2 aromatic rings. The van der Waals surface area contributed by atoms with E-state index in [0.717, 1.165) is 29.7 Å². The summed E-state index contributed by atoms with van der Waals surface area (Å²) < 4.78 is 50.4. The van der Waals surface area contributed by atoms with Gasteiger partial charge in [0, 0.05) is 12.3 Å². The van der Waals surface area contributed by atoms with E-state index in [1.807, 2.05) is 0 Å². The van der Waals surface area contributed by atoms with Crippen molar-refractivity contribution in [3.63, 3.8) is 0 Å². The van der Waals surface area contributed by atoms with Crippen molar-refractivity contribution in [1.29, 1.82) is 5.26 Å². The summed E-state index contributed by atoms with van der Waals surface area (Å²) in [6, 6.07) is 7.23. The lowest BCUT2D eigenvalue weighted by molar-refractivity contribution is 0.586. The molecule has 0 spiro atoms. The van der Waals surface area contributed by atoms with Crippen molar-refractivity contribution in [3.8, 4) is 6.07 Å². The van der Waals surface area contributed by atoms with Crippen molar-refractivity contribution < 1.29 is 17.2 Å². The first kappa shape index (κ1) is 15.2. The maximum absolute atomic E-state index is 13.4. The number of hydrogen-bond donors (Lipinski definition) is 1. The standard InChI is InChI=1S/C13H8F2N2O2S2/c14-9-3-4-12(11(15)6-9)17-8-10(7-16)21(18,19)13-2-1-5-20-13/h1-6,8,17H. The maximum Gasteiger partial charge on any atom is 0.227 e. The number of allylic oxidation sites excluding steroid dienone is 1. The molecule has 1 N–H and O–H groups in total. The third-order valence-electron chi connectivity index (χ3n) is 2.45. The summed E-state index contributed by atoms with van der Waals surface area (Å²) >= 11 is 0.969. The number of anilines is 1. The summed E-state index contributed by atoms with van der Waals surface area (Å²) in [4.78, 5) is -0.561. The Morgan fingerprint density at radius 2 is 2.10 bits per heavy atom. The quantitative estimate of drug-likeness (QED) is 0.875. The summed E-state index contributed by atoms with van der Waals surface area (Å²) in [6.07, 6.45) is 0.880. The van der Waals surface area contributed by atoms with Crippen molar-refractivity contribution >= 4 is 26.9 Å². The van der Waals surface area contributed by atoms with Crippen LogP contribution in [-0.2, 0) is 9.84 Å². The van der Waals surface area contributed by atoms with Gasteiger partial charge in [-0.3, -0.25) is 0 Å². The maximum atomic E-state index is 13.4. The molecule has 2 rings (SSSR count). The highest BCUT2D eigenvalue weighted by molar-refractivity contribution is 7.97. The average molecular weight is 326 g/mol. The molecule has 108 valence electrons. The van der Waals surface area contributed by atoms with Gasteiger partial charge in [0.25, 0.3) is 0 Å². The van der Waals surface area contributed by atoms with Crippen molar-refractivity contribution in [2.45, 2.75) is 4.21 Å². The first-order chi connectivity index (χ1) is 9.95. The molecule has 1 aromatic carbocycles. The highest BCUT2D eigenvalue weighted by Crippen LogP contribution is 2.24. The van der Waals surface area contributed by atoms with E-state index in [0.29, 0.717) is 6.07 Å². The van der Waals surface area contributed by atoms with Crippen LogP contribution in [0.4, 0.5) is 14.5 Å². The zero-order valence-corrected chi connectivity index (χ0v) is 12.0. The number of halogens is 2. The smallest absolute Gasteiger partial charge is 0.227 e. The lowest BCUT2D eigenvalue weighted by Crippen LogP contribution is -2.04. The summed E-state index contributed by atoms with van der Waals surface area (Å²) in [6.45, 7) is 0. The Balaban J connectivity index is 2.32. The third-order valence-corrected chi connectivity index (χ3v) is 5.51. The highest BCUT2D eigenvalue weighted by Gasteiger charge is 2.21. The van der Waals surface area contributed by atoms with E-state index in [1.54, 1.807) is 17.5 Å². The second kappa shape index (κ2) is 6.03. The molecular weight excluding hydrogens is 318 g/mol. The highest BCUT2D eigenvalue weighted by atomic mass is 32.2. The minimum atomic E-state index is -3.94. The van der Waals surface area contributed by atoms with Crippen molar-refractivity contribution in [2.75, 3.05) is 5.32 Å². The van der Waals surface area contributed by atoms with Gasteiger partial charge in [-0.2, -0.15) is 5.26 Å². The molecule has 1 aromatic heterocycles. The molecule has 0 bridgehead atoms. The Labute approximate surface area is 123 Å². The largest absolute Gasteiger partial charge is 0.357 e. The van der Waals surface area contributed by atoms with Crippen LogP contribution >= 0.6 is 11.3 Å². The zero-order valence-electron chi connectivity index (χ0n) is 10.4. The monoisotopic (exact) mass is 326 g/mol. The van der Waals surface area contributed by atoms with Crippen LogP contribution in [0.5, 0.6) is 0 Å². The van der Waals surface area contributed by atoms with E-state index in [1.165, 1.54) is 6.07 Å². The van der Waals surface area contributed by atoms with Gasteiger partial charge in [-0.1, -0.05) is 6.07 Å². The Morgan fingerprint density at radius 3 is 2.67 bits per heavy atom. The number of sulfone groups is 1. The molecule has 0 unspecified atom stereocenters. The van der Waals surface area contributed by atoms with Crippen LogP contribution < -0.4 is 5.32 Å². The molecule has 0 saturated heterocycles. The van der Waals surface area contributed by atoms with Crippen LogP contribution in [0, 0.1) is 23.0 Å². The molecule has 0 aliphatic carbocycles. The Kier molecular flexibility index (Phi) is 4.35. The van der Waals surface area contributed by atoms with Gasteiger partial charge in [0.2, 0.25) is 9.84 Å². The predicted molar refractivity (Wildman–Crippen MR) is 75.2 cm³/mol. The van der Waals surface area contributed by atoms with Crippen LogP contribution in [0.25, 0.3) is 0 Å². The Bertz CT molecular complexity index is 822. The third kappa shape index (κ3) is 3.26. The van der Waals surface area contributed by atoms with Gasteiger partial charge in [0.15, 0.2) is 4.91 Å². The molecule has 1 heterocycles. The molecule has 0 saturated carbocycles. The number of nitrogens with zero attached hydrogens (tertiary/aromatic N) is 1.